The number of carbonyl (C=O) groups is 2. The van der Waals surface area contributed by atoms with Gasteiger partial charge < -0.3 is 0 Å². The molecule has 0 spiro atoms. The second-order valence-electron chi connectivity index (χ2n) is 2.77. The van der Waals surface area contributed by atoms with Gasteiger partial charge in [0.2, 0.25) is 5.91 Å². The number of halogens is 3. The van der Waals surface area contributed by atoms with Crippen LogP contribution < -0.4 is 0 Å². The van der Waals surface area contributed by atoms with Gasteiger partial charge in [0.1, 0.15) is 5.92 Å². The maximum atomic E-state index is 12.1. The second kappa shape index (κ2) is 3.17. The number of nitrogens with zero attached hydrogens (tertiary/aromatic N) is 1. The molecule has 1 saturated heterocycles. The molecule has 0 aromatic heterocycles. The minimum absolute atomic E-state index is 0.773. The predicted octanol–water partition coefficient (Wildman–Crippen LogP) is -0.273. The summed E-state index contributed by atoms with van der Waals surface area (Å²) in [4.78, 5) is 21.6. The van der Waals surface area contributed by atoms with Crippen molar-refractivity contribution in [3.05, 3.63) is 0 Å². The van der Waals surface area contributed by atoms with Crippen LogP contribution in [-0.2, 0) is 19.9 Å². The van der Waals surface area contributed by atoms with Crippen molar-refractivity contribution >= 4 is 22.1 Å². The summed E-state index contributed by atoms with van der Waals surface area (Å²) in [7, 11) is -5.26. The first-order chi connectivity index (χ1) is 6.55. The number of carbonyl (C=O) groups excluding carboxylic acids is 2. The van der Waals surface area contributed by atoms with E-state index in [2.05, 4.69) is 0 Å². The number of hydrogen-bond donors (Lipinski definition) is 1. The van der Waals surface area contributed by atoms with Crippen LogP contribution in [0.15, 0.2) is 0 Å². The Hall–Kier alpha value is -1.16. The molecule has 1 fully saturated rings. The highest BCUT2D eigenvalue weighted by Gasteiger charge is 2.56. The third-order valence-electron chi connectivity index (χ3n) is 1.73. The molecule has 1 aliphatic rings. The summed E-state index contributed by atoms with van der Waals surface area (Å²) >= 11 is 0. The van der Waals surface area contributed by atoms with E-state index in [0.29, 0.717) is 0 Å². The van der Waals surface area contributed by atoms with E-state index in [1.807, 2.05) is 0 Å². The molecule has 0 bridgehead atoms. The lowest BCUT2D eigenvalue weighted by Gasteiger charge is -2.12. The molecule has 2 amide bonds. The van der Waals surface area contributed by atoms with Gasteiger partial charge in [-0.2, -0.15) is 25.9 Å². The lowest BCUT2D eigenvalue weighted by Crippen LogP contribution is -2.38. The van der Waals surface area contributed by atoms with Crippen LogP contribution in [-0.4, -0.2) is 35.3 Å². The Kier molecular flexibility index (Phi) is 2.52. The summed E-state index contributed by atoms with van der Waals surface area (Å²) in [6.45, 7) is 0. The van der Waals surface area contributed by atoms with E-state index in [1.54, 1.807) is 0 Å². The maximum Gasteiger partial charge on any atom is 0.401 e. The lowest BCUT2D eigenvalue weighted by molar-refractivity contribution is -0.179. The topological polar surface area (TPSA) is 91.8 Å². The minimum atomic E-state index is -5.26. The van der Waals surface area contributed by atoms with Crippen LogP contribution in [0.4, 0.5) is 13.2 Å². The monoisotopic (exact) mass is 247 g/mol. The number of alkyl halides is 3. The van der Waals surface area contributed by atoms with Crippen molar-refractivity contribution in [1.82, 2.24) is 4.31 Å². The Morgan fingerprint density at radius 2 is 1.80 bits per heavy atom. The normalized spacial score (nSPS) is 23.7. The molecule has 1 unspecified atom stereocenters. The summed E-state index contributed by atoms with van der Waals surface area (Å²) in [6, 6.07) is 0. The minimum Gasteiger partial charge on any atom is -0.273 e. The van der Waals surface area contributed by atoms with Gasteiger partial charge >= 0.3 is 16.5 Å². The lowest BCUT2D eigenvalue weighted by atomic mass is 10.1. The largest absolute Gasteiger partial charge is 0.401 e. The molecule has 0 radical (unpaired) electrons. The Morgan fingerprint density at radius 1 is 1.33 bits per heavy atom. The molecule has 10 heteroatoms. The van der Waals surface area contributed by atoms with Crippen LogP contribution in [0.25, 0.3) is 0 Å². The van der Waals surface area contributed by atoms with Crippen LogP contribution in [0.2, 0.25) is 0 Å². The fourth-order valence-corrected chi connectivity index (χ4v) is 1.79. The molecule has 0 aromatic rings. The first-order valence-electron chi connectivity index (χ1n) is 3.46. The van der Waals surface area contributed by atoms with Gasteiger partial charge in [-0.15, -0.1) is 0 Å². The number of imide groups is 1. The third kappa shape index (κ3) is 2.09. The predicted molar refractivity (Wildman–Crippen MR) is 37.6 cm³/mol. The van der Waals surface area contributed by atoms with Crippen LogP contribution >= 0.6 is 0 Å². The molecule has 15 heavy (non-hydrogen) atoms. The molecule has 0 saturated carbocycles. The van der Waals surface area contributed by atoms with Gasteiger partial charge in [0.15, 0.2) is 0 Å². The smallest absolute Gasteiger partial charge is 0.273 e. The highest BCUT2D eigenvalue weighted by atomic mass is 32.2. The molecule has 6 nitrogen and oxygen atoms in total. The van der Waals surface area contributed by atoms with E-state index >= 15 is 0 Å². The molecule has 1 heterocycles. The second-order valence-corrected chi connectivity index (χ2v) is 4.03. The van der Waals surface area contributed by atoms with E-state index < -0.39 is 44.9 Å². The molecule has 1 aliphatic heterocycles. The highest BCUT2D eigenvalue weighted by Crippen LogP contribution is 2.35. The zero-order valence-corrected chi connectivity index (χ0v) is 7.67. The van der Waals surface area contributed by atoms with Gasteiger partial charge in [-0.05, 0) is 0 Å². The summed E-state index contributed by atoms with van der Waals surface area (Å²) in [5, 5.41) is 0. The average Bonchev–Trinajstić information content (AvgIpc) is 2.22. The summed E-state index contributed by atoms with van der Waals surface area (Å²) < 4.78 is 64.6. The van der Waals surface area contributed by atoms with Crippen molar-refractivity contribution in [2.24, 2.45) is 5.92 Å². The Balaban J connectivity index is 3.11. The van der Waals surface area contributed by atoms with Gasteiger partial charge in [-0.25, -0.2) is 0 Å². The van der Waals surface area contributed by atoms with Crippen molar-refractivity contribution in [2.75, 3.05) is 0 Å². The van der Waals surface area contributed by atoms with Crippen molar-refractivity contribution in [3.8, 4) is 0 Å². The number of amides is 2. The summed E-state index contributed by atoms with van der Waals surface area (Å²) in [6.07, 6.45) is -6.31. The first kappa shape index (κ1) is 11.9. The standard InChI is InChI=1S/C5H4F3NO5S/c6-5(7,8)2-1-3(10)9(4(2)11)15(12,13)14/h2H,1H2,(H,12,13,14). The third-order valence-corrected chi connectivity index (χ3v) is 2.57. The van der Waals surface area contributed by atoms with Gasteiger partial charge in [0.25, 0.3) is 5.91 Å². The van der Waals surface area contributed by atoms with Crippen LogP contribution in [0, 0.1) is 5.92 Å². The highest BCUT2D eigenvalue weighted by molar-refractivity contribution is 7.84. The zero-order valence-electron chi connectivity index (χ0n) is 6.85. The van der Waals surface area contributed by atoms with Crippen molar-refractivity contribution in [1.29, 1.82) is 0 Å². The van der Waals surface area contributed by atoms with Crippen molar-refractivity contribution < 1.29 is 35.7 Å². The number of rotatable bonds is 1. The van der Waals surface area contributed by atoms with Crippen LogP contribution in [0.1, 0.15) is 6.42 Å². The van der Waals surface area contributed by atoms with E-state index in [-0.39, 0.29) is 0 Å². The SMILES string of the molecule is O=C1CC(C(F)(F)F)C(=O)N1S(=O)(=O)O. The molecular formula is C5H4F3NO5S. The molecular weight excluding hydrogens is 243 g/mol. The van der Waals surface area contributed by atoms with E-state index in [1.165, 1.54) is 0 Å². The van der Waals surface area contributed by atoms with Gasteiger partial charge in [0, 0.05) is 6.42 Å². The zero-order chi connectivity index (χ0) is 12.0. The van der Waals surface area contributed by atoms with E-state index in [4.69, 9.17) is 4.55 Å². The van der Waals surface area contributed by atoms with E-state index in [9.17, 15) is 31.2 Å². The summed E-state index contributed by atoms with van der Waals surface area (Å²) in [5.74, 6) is -6.27. The van der Waals surface area contributed by atoms with Crippen molar-refractivity contribution in [3.63, 3.8) is 0 Å². The van der Waals surface area contributed by atoms with Crippen LogP contribution in [0.3, 0.4) is 0 Å². The van der Waals surface area contributed by atoms with Crippen molar-refractivity contribution in [2.45, 2.75) is 12.6 Å². The molecule has 1 rings (SSSR count). The van der Waals surface area contributed by atoms with Gasteiger partial charge in [-0.3, -0.25) is 14.1 Å². The van der Waals surface area contributed by atoms with Crippen LogP contribution in [0.5, 0.6) is 0 Å². The van der Waals surface area contributed by atoms with Gasteiger partial charge in [-0.1, -0.05) is 0 Å². The summed E-state index contributed by atoms with van der Waals surface area (Å²) in [5.41, 5.74) is 0. The molecule has 86 valence electrons. The maximum absolute atomic E-state index is 12.1. The van der Waals surface area contributed by atoms with E-state index in [0.717, 1.165) is 0 Å². The first-order valence-corrected chi connectivity index (χ1v) is 4.86. The average molecular weight is 247 g/mol. The molecule has 0 aliphatic carbocycles. The fraction of sp³-hybridized carbons (Fsp3) is 0.600. The fourth-order valence-electron chi connectivity index (χ4n) is 1.11. The molecule has 1 N–H and O–H groups in total. The molecule has 0 aromatic carbocycles. The Bertz CT molecular complexity index is 413. The number of hydrogen-bond acceptors (Lipinski definition) is 4. The van der Waals surface area contributed by atoms with Gasteiger partial charge in [0.05, 0.1) is 0 Å². The Labute approximate surface area is 81.5 Å². The molecule has 1 atom stereocenters. The Morgan fingerprint density at radius 3 is 2.00 bits per heavy atom. The quantitative estimate of drug-likeness (QED) is 0.508.